The monoisotopic (exact) mass is 1350 g/mol. The van der Waals surface area contributed by atoms with Gasteiger partial charge in [0, 0.05) is 59.5 Å². The van der Waals surface area contributed by atoms with Gasteiger partial charge in [-0.15, -0.1) is 46.4 Å². The molecule has 0 N–H and O–H groups in total. The average molecular weight is 1350 g/mol. The van der Waals surface area contributed by atoms with E-state index in [1.165, 1.54) is 43.0 Å². The van der Waals surface area contributed by atoms with Crippen LogP contribution in [0.5, 0.6) is 0 Å². The molecule has 3 aromatic heterocycles. The van der Waals surface area contributed by atoms with Crippen molar-refractivity contribution in [2.75, 3.05) is 10.7 Å². The number of nitrogens with zero attached hydrogens (tertiary/aromatic N) is 6. The van der Waals surface area contributed by atoms with Crippen LogP contribution in [-0.2, 0) is 19.5 Å². The minimum absolute atomic E-state index is 0. The fourth-order valence-electron chi connectivity index (χ4n) is 6.35. The molecule has 6 nitrogen and oxygen atoms in total. The smallest absolute Gasteiger partial charge is 2.00 e. The van der Waals surface area contributed by atoms with E-state index in [9.17, 15) is 50.4 Å². The van der Waals surface area contributed by atoms with E-state index in [0.717, 1.165) is 71.0 Å². The molecule has 3 heterocycles. The topological polar surface area (TPSA) is 110 Å². The molecule has 8 aromatic rings. The van der Waals surface area contributed by atoms with Gasteiger partial charge in [0.15, 0.2) is 0 Å². The molecular weight excluding hydrogens is 1310 g/mol. The molecule has 0 spiro atoms. The second kappa shape index (κ2) is 29.7. The molecule has 77 heavy (non-hydrogen) atoms. The third-order valence-electron chi connectivity index (χ3n) is 8.82. The largest absolute Gasteiger partial charge is 2.00 e. The summed E-state index contributed by atoms with van der Waals surface area (Å²) in [7, 11) is -21.3. The van der Waals surface area contributed by atoms with Crippen molar-refractivity contribution in [1.29, 1.82) is 15.8 Å². The number of nitriles is 3. The van der Waals surface area contributed by atoms with E-state index in [1.54, 1.807) is 18.2 Å². The summed E-state index contributed by atoms with van der Waals surface area (Å²) in [6.07, 6.45) is 3.81. The number of para-hydroxylation sites is 2. The van der Waals surface area contributed by atoms with E-state index in [-0.39, 0.29) is 30.2 Å². The normalized spacial score (nSPS) is 11.9. The van der Waals surface area contributed by atoms with Crippen molar-refractivity contribution < 1.29 is 69.8 Å². The summed E-state index contributed by atoms with van der Waals surface area (Å²) < 4.78 is 119. The molecule has 0 fully saturated rings. The van der Waals surface area contributed by atoms with Gasteiger partial charge in [-0.05, 0) is 83.6 Å². The predicted octanol–water partition coefficient (Wildman–Crippen LogP) is 23.1. The molecule has 0 atom stereocenters. The Morgan fingerprint density at radius 3 is 1.00 bits per heavy atom. The summed E-state index contributed by atoms with van der Waals surface area (Å²) in [6.45, 7) is 8.52. The summed E-state index contributed by atoms with van der Waals surface area (Å²) in [5.74, 6) is 0. The molecule has 0 aliphatic heterocycles. The van der Waals surface area contributed by atoms with Gasteiger partial charge in [-0.3, -0.25) is 9.97 Å². The van der Waals surface area contributed by atoms with Crippen LogP contribution in [-0.4, -0.2) is 25.6 Å². The van der Waals surface area contributed by atoms with Crippen molar-refractivity contribution in [2.24, 2.45) is 0 Å². The molecule has 0 aliphatic rings. The summed E-state index contributed by atoms with van der Waals surface area (Å²) in [4.78, 5) is 15.2. The maximum absolute atomic E-state index is 10.7. The minimum Gasteiger partial charge on any atom is 2.00 e. The number of halogens is 17. The molecule has 0 amide bonds. The van der Waals surface area contributed by atoms with Crippen molar-refractivity contribution in [3.05, 3.63) is 161 Å². The number of hydrogen-bond donors (Lipinski definition) is 0. The Labute approximate surface area is 478 Å². The Kier molecular flexibility index (Phi) is 27.7. The van der Waals surface area contributed by atoms with Crippen molar-refractivity contribution in [1.82, 2.24) is 15.0 Å². The Balaban J connectivity index is 0.00000160. The van der Waals surface area contributed by atoms with Gasteiger partial charge in [-0.25, -0.2) is 4.98 Å². The first-order valence-corrected chi connectivity index (χ1v) is 28.0. The van der Waals surface area contributed by atoms with E-state index in [0.29, 0.717) is 0 Å². The first-order chi connectivity index (χ1) is 35.0. The molecule has 414 valence electrons. The number of fused-ring (bicyclic) bond motifs is 2. The summed E-state index contributed by atoms with van der Waals surface area (Å²) in [5, 5.41) is 24.5. The quantitative estimate of drug-likeness (QED) is 0.0735. The van der Waals surface area contributed by atoms with E-state index in [2.05, 4.69) is 163 Å². The third-order valence-corrected chi connectivity index (χ3v) is 9.35. The predicted molar refractivity (Wildman–Crippen MR) is 293 cm³/mol. The number of alkyl halides is 4. The van der Waals surface area contributed by atoms with Crippen LogP contribution in [0.2, 0.25) is 0 Å². The van der Waals surface area contributed by atoms with Crippen molar-refractivity contribution in [2.45, 2.75) is 34.6 Å². The maximum atomic E-state index is 9.87. The van der Waals surface area contributed by atoms with Crippen LogP contribution in [0.15, 0.2) is 150 Å². The first kappa shape index (κ1) is 71.8. The second-order valence-corrected chi connectivity index (χ2v) is 21.1. The summed E-state index contributed by atoms with van der Waals surface area (Å²) in [6, 6.07) is 52.4. The van der Waals surface area contributed by atoms with E-state index in [4.69, 9.17) is 77.1 Å². The second-order valence-electron chi connectivity index (χ2n) is 14.8. The van der Waals surface area contributed by atoms with E-state index >= 15 is 0 Å². The van der Waals surface area contributed by atoms with Gasteiger partial charge < -0.3 is 0 Å². The molecule has 0 saturated heterocycles. The third kappa shape index (κ3) is 30.5. The number of aryl methyl sites for hydroxylation is 2. The molecule has 0 unspecified atom stereocenters. The first-order valence-electron chi connectivity index (χ1n) is 21.0. The number of hydrogen-bond acceptors (Lipinski definition) is 6. The van der Waals surface area contributed by atoms with Crippen molar-refractivity contribution in [3.8, 4) is 74.1 Å². The fourth-order valence-corrected chi connectivity index (χ4v) is 6.62. The molecule has 0 aliphatic carbocycles. The zero-order valence-electron chi connectivity index (χ0n) is 40.6. The number of pyridine rings is 3. The molecule has 0 saturated carbocycles. The SMILES string of the molecule is CC#N.CC#N.CC#N.Cc1ccc(-c2ccnc3c(-c4cc(-c5ccc(Br)cc5)cc(-c5cccc6c(-c7ccc(C)cc7)ccnc56)n4)cccc23)cc1.ClCCl.ClCCl.F[P-](F)(F)(F)(F)F.F[P-](F)(F)(F)(F)F.[Ru+2]. The van der Waals surface area contributed by atoms with Gasteiger partial charge in [-0.2, -0.15) is 15.8 Å². The number of aromatic nitrogens is 3. The Bertz CT molecular complexity index is 3070. The van der Waals surface area contributed by atoms with Crippen LogP contribution in [0.3, 0.4) is 0 Å². The molecule has 5 aromatic carbocycles. The van der Waals surface area contributed by atoms with E-state index in [1.807, 2.05) is 12.4 Å². The van der Waals surface area contributed by atoms with Crippen LogP contribution < -0.4 is 0 Å². The van der Waals surface area contributed by atoms with E-state index < -0.39 is 15.6 Å². The molecule has 0 bridgehead atoms. The number of rotatable bonds is 5. The maximum Gasteiger partial charge on any atom is 2.00 e. The molecule has 0 radical (unpaired) electrons. The van der Waals surface area contributed by atoms with Crippen LogP contribution in [0.4, 0.5) is 50.4 Å². The molecule has 26 heteroatoms. The number of benzene rings is 5. The Hall–Kier alpha value is -5.18. The average Bonchev–Trinajstić information content (AvgIpc) is 3.31. The Morgan fingerprint density at radius 1 is 0.442 bits per heavy atom. The van der Waals surface area contributed by atoms with Gasteiger partial charge in [0.05, 0.1) is 51.3 Å². The summed E-state index contributed by atoms with van der Waals surface area (Å²) in [5.41, 5.74) is 14.9. The Morgan fingerprint density at radius 2 is 0.714 bits per heavy atom. The van der Waals surface area contributed by atoms with Gasteiger partial charge in [-0.1, -0.05) is 124 Å². The van der Waals surface area contributed by atoms with Crippen LogP contribution in [0, 0.1) is 47.8 Å². The molecule has 8 rings (SSSR count). The standard InChI is InChI=1S/C43H30BrN3.3C2H3N.2CH2Cl2.2F6P.Ru/c1-27-9-13-30(14-10-27)34-21-23-45-42-36(34)5-3-7-38(42)40-25-32(29-17-19-33(44)20-18-29)26-41(47-40)39-8-4-6-37-35(22-24-46-43(37)39)31-15-11-28(2)12-16-31;3*1-2-3;2*2-1-3;2*1-7(2,3,4,5)6;/h3-26H,1-2H3;3*1H3;2*1H2;;;/q;;;;;;2*-1;+2. The van der Waals surface area contributed by atoms with Gasteiger partial charge in [0.1, 0.15) is 0 Å². The zero-order valence-corrected chi connectivity index (χ0v) is 48.8. The summed E-state index contributed by atoms with van der Waals surface area (Å²) >= 11 is 22.7. The van der Waals surface area contributed by atoms with Gasteiger partial charge in [0.25, 0.3) is 0 Å². The van der Waals surface area contributed by atoms with Crippen molar-refractivity contribution >= 4 is 99.8 Å². The van der Waals surface area contributed by atoms with Crippen LogP contribution >= 0.6 is 78.0 Å². The van der Waals surface area contributed by atoms with Crippen LogP contribution in [0.1, 0.15) is 31.9 Å². The molecular formula is C51H43BrCl4F12N6P2Ru. The minimum atomic E-state index is -10.7. The van der Waals surface area contributed by atoms with Gasteiger partial charge >= 0.3 is 85.5 Å². The zero-order chi connectivity index (χ0) is 58.3. The fraction of sp³-hybridized carbons (Fsp3) is 0.137. The van der Waals surface area contributed by atoms with Crippen molar-refractivity contribution in [3.63, 3.8) is 0 Å². The van der Waals surface area contributed by atoms with Crippen LogP contribution in [0.25, 0.3) is 77.7 Å². The van der Waals surface area contributed by atoms with Gasteiger partial charge in [0.2, 0.25) is 0 Å².